The zero-order valence-electron chi connectivity index (χ0n) is 15.9. The summed E-state index contributed by atoms with van der Waals surface area (Å²) in [6.07, 6.45) is 0. The van der Waals surface area contributed by atoms with Crippen LogP contribution in [0.15, 0.2) is 66.7 Å². The van der Waals surface area contributed by atoms with Crippen LogP contribution in [0.4, 0.5) is 0 Å². The Morgan fingerprint density at radius 3 is 2.48 bits per heavy atom. The summed E-state index contributed by atoms with van der Waals surface area (Å²) in [5.74, 6) is 1.36. The van der Waals surface area contributed by atoms with Gasteiger partial charge in [-0.25, -0.2) is 4.98 Å². The van der Waals surface area contributed by atoms with Gasteiger partial charge in [0.1, 0.15) is 5.75 Å². The molecule has 0 aliphatic carbocycles. The van der Waals surface area contributed by atoms with Gasteiger partial charge >= 0.3 is 0 Å². The van der Waals surface area contributed by atoms with Crippen molar-refractivity contribution in [1.29, 1.82) is 0 Å². The van der Waals surface area contributed by atoms with E-state index < -0.39 is 0 Å². The molecule has 29 heavy (non-hydrogen) atoms. The summed E-state index contributed by atoms with van der Waals surface area (Å²) in [6, 6.07) is 21.5. The molecule has 1 N–H and O–H groups in total. The molecule has 0 unspecified atom stereocenters. The van der Waals surface area contributed by atoms with Crippen LogP contribution in [0.5, 0.6) is 17.2 Å². The standard InChI is InChI=1S/C23H18N2O3S/c1-27-16-9-10-17-20(13-16)29-23-24-21(14-6-4-3-5-7-14)22(25(17)23)15-8-11-18(26)19(12-15)28-2/h3-13,26H,1-2H3. The molecule has 0 radical (unpaired) electrons. The molecule has 0 atom stereocenters. The maximum absolute atomic E-state index is 10.1. The van der Waals surface area contributed by atoms with Gasteiger partial charge < -0.3 is 14.6 Å². The lowest BCUT2D eigenvalue weighted by Gasteiger charge is -2.09. The molecule has 0 aliphatic heterocycles. The lowest BCUT2D eigenvalue weighted by Crippen LogP contribution is -1.91. The van der Waals surface area contributed by atoms with Crippen molar-refractivity contribution < 1.29 is 14.6 Å². The SMILES string of the molecule is COc1ccc2c(c1)sc1nc(-c3ccccc3)c(-c3ccc(O)c(OC)c3)n12. The summed E-state index contributed by atoms with van der Waals surface area (Å²) in [5, 5.41) is 10.1. The van der Waals surface area contributed by atoms with E-state index in [0.29, 0.717) is 5.75 Å². The van der Waals surface area contributed by atoms with E-state index in [1.165, 1.54) is 0 Å². The van der Waals surface area contributed by atoms with E-state index >= 15 is 0 Å². The van der Waals surface area contributed by atoms with Crippen molar-refractivity contribution in [3.8, 4) is 39.8 Å². The van der Waals surface area contributed by atoms with Crippen LogP contribution in [0, 0.1) is 0 Å². The topological polar surface area (TPSA) is 56.0 Å². The molecule has 0 saturated carbocycles. The number of hydrogen-bond acceptors (Lipinski definition) is 5. The Balaban J connectivity index is 1.87. The van der Waals surface area contributed by atoms with Gasteiger partial charge in [0.2, 0.25) is 0 Å². The number of aromatic nitrogens is 2. The molecular weight excluding hydrogens is 384 g/mol. The Morgan fingerprint density at radius 1 is 0.897 bits per heavy atom. The number of methoxy groups -OCH3 is 2. The molecule has 5 rings (SSSR count). The van der Waals surface area contributed by atoms with Gasteiger partial charge in [-0.3, -0.25) is 4.40 Å². The first kappa shape index (κ1) is 17.6. The predicted octanol–water partition coefficient (Wildman–Crippen LogP) is 5.61. The van der Waals surface area contributed by atoms with Crippen LogP contribution in [0.25, 0.3) is 37.7 Å². The van der Waals surface area contributed by atoms with Crippen LogP contribution in [-0.4, -0.2) is 28.7 Å². The maximum atomic E-state index is 10.1. The number of ether oxygens (including phenoxy) is 2. The number of hydrogen-bond donors (Lipinski definition) is 1. The Kier molecular flexibility index (Phi) is 4.14. The molecule has 2 aromatic heterocycles. The van der Waals surface area contributed by atoms with Gasteiger partial charge in [-0.1, -0.05) is 41.7 Å². The van der Waals surface area contributed by atoms with E-state index in [9.17, 15) is 5.11 Å². The van der Waals surface area contributed by atoms with Gasteiger partial charge in [0.15, 0.2) is 16.5 Å². The Labute approximate surface area is 171 Å². The van der Waals surface area contributed by atoms with E-state index in [1.807, 2.05) is 42.5 Å². The maximum Gasteiger partial charge on any atom is 0.195 e. The van der Waals surface area contributed by atoms with E-state index in [1.54, 1.807) is 31.6 Å². The van der Waals surface area contributed by atoms with Crippen molar-refractivity contribution in [2.45, 2.75) is 0 Å². The Bertz CT molecular complexity index is 1340. The second kappa shape index (κ2) is 6.83. The highest BCUT2D eigenvalue weighted by molar-refractivity contribution is 7.23. The minimum atomic E-state index is 0.109. The van der Waals surface area contributed by atoms with E-state index in [0.717, 1.165) is 43.4 Å². The number of phenolic OH excluding ortho intramolecular Hbond substituents is 1. The Morgan fingerprint density at radius 2 is 1.72 bits per heavy atom. The second-order valence-corrected chi connectivity index (χ2v) is 7.62. The summed E-state index contributed by atoms with van der Waals surface area (Å²) >= 11 is 1.62. The lowest BCUT2D eigenvalue weighted by molar-refractivity contribution is 0.373. The fourth-order valence-corrected chi connectivity index (χ4v) is 4.62. The highest BCUT2D eigenvalue weighted by Gasteiger charge is 2.21. The minimum Gasteiger partial charge on any atom is -0.504 e. The largest absolute Gasteiger partial charge is 0.504 e. The molecule has 0 aliphatic rings. The second-order valence-electron chi connectivity index (χ2n) is 6.62. The normalized spacial score (nSPS) is 11.2. The monoisotopic (exact) mass is 402 g/mol. The molecule has 144 valence electrons. The number of benzene rings is 3. The third-order valence-electron chi connectivity index (χ3n) is 4.96. The number of rotatable bonds is 4. The fraction of sp³-hybridized carbons (Fsp3) is 0.0870. The van der Waals surface area contributed by atoms with Gasteiger partial charge in [-0.2, -0.15) is 0 Å². The van der Waals surface area contributed by atoms with Crippen LogP contribution in [0.1, 0.15) is 0 Å². The first-order valence-electron chi connectivity index (χ1n) is 9.11. The van der Waals surface area contributed by atoms with Gasteiger partial charge in [0.05, 0.1) is 35.8 Å². The molecule has 0 fully saturated rings. The summed E-state index contributed by atoms with van der Waals surface area (Å²) in [4.78, 5) is 5.86. The third kappa shape index (κ3) is 2.80. The van der Waals surface area contributed by atoms with Crippen molar-refractivity contribution in [2.75, 3.05) is 14.2 Å². The predicted molar refractivity (Wildman–Crippen MR) is 116 cm³/mol. The molecule has 0 saturated heterocycles. The number of nitrogens with zero attached hydrogens (tertiary/aromatic N) is 2. The zero-order chi connectivity index (χ0) is 20.0. The minimum absolute atomic E-state index is 0.109. The van der Waals surface area contributed by atoms with Gasteiger partial charge in [-0.15, -0.1) is 0 Å². The van der Waals surface area contributed by atoms with Crippen LogP contribution >= 0.6 is 11.3 Å². The molecular formula is C23H18N2O3S. The third-order valence-corrected chi connectivity index (χ3v) is 5.96. The van der Waals surface area contributed by atoms with Gasteiger partial charge in [0.25, 0.3) is 0 Å². The van der Waals surface area contributed by atoms with E-state index in [2.05, 4.69) is 22.6 Å². The number of phenols is 1. The molecule has 2 heterocycles. The zero-order valence-corrected chi connectivity index (χ0v) is 16.7. The summed E-state index contributed by atoms with van der Waals surface area (Å²) in [5.41, 5.74) is 4.86. The highest BCUT2D eigenvalue weighted by atomic mass is 32.1. The van der Waals surface area contributed by atoms with Crippen molar-refractivity contribution in [1.82, 2.24) is 9.38 Å². The molecule has 0 amide bonds. The molecule has 0 bridgehead atoms. The van der Waals surface area contributed by atoms with Crippen LogP contribution in [0.2, 0.25) is 0 Å². The first-order chi connectivity index (χ1) is 14.2. The quantitative estimate of drug-likeness (QED) is 0.425. The van der Waals surface area contributed by atoms with E-state index in [-0.39, 0.29) is 5.75 Å². The van der Waals surface area contributed by atoms with Crippen molar-refractivity contribution in [2.24, 2.45) is 0 Å². The average Bonchev–Trinajstić information content (AvgIpc) is 3.30. The van der Waals surface area contributed by atoms with Crippen molar-refractivity contribution in [3.63, 3.8) is 0 Å². The van der Waals surface area contributed by atoms with E-state index in [4.69, 9.17) is 14.5 Å². The van der Waals surface area contributed by atoms with Crippen molar-refractivity contribution in [3.05, 3.63) is 66.7 Å². The molecule has 3 aromatic carbocycles. The number of thiazole rings is 1. The first-order valence-corrected chi connectivity index (χ1v) is 9.93. The fourth-order valence-electron chi connectivity index (χ4n) is 3.57. The molecule has 5 nitrogen and oxygen atoms in total. The molecule has 0 spiro atoms. The number of aromatic hydroxyl groups is 1. The Hall–Kier alpha value is -3.51. The molecule has 6 heteroatoms. The smallest absolute Gasteiger partial charge is 0.195 e. The van der Waals surface area contributed by atoms with Crippen LogP contribution in [0.3, 0.4) is 0 Å². The lowest BCUT2D eigenvalue weighted by atomic mass is 10.0. The summed E-state index contributed by atoms with van der Waals surface area (Å²) < 4.78 is 14.0. The average molecular weight is 402 g/mol. The molecule has 5 aromatic rings. The van der Waals surface area contributed by atoms with Gasteiger partial charge in [0, 0.05) is 11.1 Å². The summed E-state index contributed by atoms with van der Waals surface area (Å²) in [7, 11) is 3.22. The summed E-state index contributed by atoms with van der Waals surface area (Å²) in [6.45, 7) is 0. The van der Waals surface area contributed by atoms with Crippen LogP contribution < -0.4 is 9.47 Å². The highest BCUT2D eigenvalue weighted by Crippen LogP contribution is 2.41. The number of fused-ring (bicyclic) bond motifs is 3. The van der Waals surface area contributed by atoms with Crippen molar-refractivity contribution >= 4 is 26.5 Å². The number of imidazole rings is 1. The van der Waals surface area contributed by atoms with Crippen LogP contribution in [-0.2, 0) is 0 Å². The van der Waals surface area contributed by atoms with Gasteiger partial charge in [-0.05, 0) is 36.4 Å².